The van der Waals surface area contributed by atoms with Gasteiger partial charge in [-0.15, -0.1) is 0 Å². The Labute approximate surface area is 57.4 Å². The van der Waals surface area contributed by atoms with E-state index in [1.54, 1.807) is 0 Å². The van der Waals surface area contributed by atoms with E-state index in [-0.39, 0.29) is 12.0 Å². The van der Waals surface area contributed by atoms with E-state index < -0.39 is 0 Å². The van der Waals surface area contributed by atoms with Crippen molar-refractivity contribution in [3.63, 3.8) is 0 Å². The molecule has 0 aromatic heterocycles. The second-order valence-corrected chi connectivity index (χ2v) is 1.96. The molecule has 56 valence electrons. The molecule has 0 unspecified atom stereocenters. The molecule has 0 aliphatic carbocycles. The van der Waals surface area contributed by atoms with Crippen LogP contribution in [-0.2, 0) is 4.79 Å². The molecular formula is C7H17NO. The van der Waals surface area contributed by atoms with Crippen molar-refractivity contribution >= 4 is 6.29 Å². The van der Waals surface area contributed by atoms with E-state index in [4.69, 9.17) is 5.73 Å². The zero-order valence-electron chi connectivity index (χ0n) is 6.72. The van der Waals surface area contributed by atoms with Crippen molar-refractivity contribution in [3.05, 3.63) is 0 Å². The lowest BCUT2D eigenvalue weighted by molar-refractivity contribution is -0.109. The highest BCUT2D eigenvalue weighted by Crippen LogP contribution is 1.92. The predicted molar refractivity (Wildman–Crippen MR) is 40.2 cm³/mol. The Hall–Kier alpha value is -0.370. The second-order valence-electron chi connectivity index (χ2n) is 1.96. The van der Waals surface area contributed by atoms with E-state index in [2.05, 4.69) is 0 Å². The van der Waals surface area contributed by atoms with E-state index in [1.165, 1.54) is 0 Å². The van der Waals surface area contributed by atoms with Gasteiger partial charge in [-0.05, 0) is 5.92 Å². The Morgan fingerprint density at radius 2 is 1.67 bits per heavy atom. The van der Waals surface area contributed by atoms with Crippen LogP contribution in [0.2, 0.25) is 0 Å². The van der Waals surface area contributed by atoms with Crippen LogP contribution in [0, 0.1) is 5.92 Å². The minimum Gasteiger partial charge on any atom is -0.322 e. The van der Waals surface area contributed by atoms with Crippen molar-refractivity contribution < 1.29 is 4.79 Å². The average molecular weight is 131 g/mol. The van der Waals surface area contributed by atoms with Gasteiger partial charge in [0.1, 0.15) is 6.29 Å². The van der Waals surface area contributed by atoms with Crippen molar-refractivity contribution in [2.45, 2.75) is 33.7 Å². The van der Waals surface area contributed by atoms with E-state index in [0.717, 1.165) is 6.29 Å². The normalized spacial score (nSPS) is 11.8. The molecule has 0 rings (SSSR count). The molecule has 0 heterocycles. The molecule has 1 atom stereocenters. The minimum atomic E-state index is -0.278. The number of carbonyl (C=O) groups excluding carboxylic acids is 1. The molecule has 0 aromatic rings. The van der Waals surface area contributed by atoms with Crippen LogP contribution in [-0.4, -0.2) is 12.3 Å². The van der Waals surface area contributed by atoms with E-state index >= 15 is 0 Å². The van der Waals surface area contributed by atoms with Crippen LogP contribution >= 0.6 is 0 Å². The molecule has 0 amide bonds. The van der Waals surface area contributed by atoms with Gasteiger partial charge in [0, 0.05) is 0 Å². The summed E-state index contributed by atoms with van der Waals surface area (Å²) in [5.41, 5.74) is 5.25. The Balaban J connectivity index is 0. The molecule has 0 bridgehead atoms. The van der Waals surface area contributed by atoms with Gasteiger partial charge in [-0.2, -0.15) is 0 Å². The highest BCUT2D eigenvalue weighted by atomic mass is 16.1. The Kier molecular flexibility index (Phi) is 9.69. The Morgan fingerprint density at radius 1 is 1.33 bits per heavy atom. The third-order valence-electron chi connectivity index (χ3n) is 0.927. The van der Waals surface area contributed by atoms with E-state index in [0.29, 0.717) is 0 Å². The van der Waals surface area contributed by atoms with E-state index in [1.807, 2.05) is 27.7 Å². The lowest BCUT2D eigenvalue weighted by atomic mass is 10.1. The summed E-state index contributed by atoms with van der Waals surface area (Å²) in [6.07, 6.45) is 0.769. The van der Waals surface area contributed by atoms with Gasteiger partial charge in [0.25, 0.3) is 0 Å². The van der Waals surface area contributed by atoms with Gasteiger partial charge in [-0.3, -0.25) is 0 Å². The maximum Gasteiger partial charge on any atom is 0.136 e. The SMILES string of the molecule is CC.CC(C)[C@@H](N)C=O. The fraction of sp³-hybridized carbons (Fsp3) is 0.857. The van der Waals surface area contributed by atoms with Crippen LogP contribution in [0.15, 0.2) is 0 Å². The number of hydrogen-bond acceptors (Lipinski definition) is 2. The molecule has 0 saturated carbocycles. The zero-order valence-corrected chi connectivity index (χ0v) is 6.72. The van der Waals surface area contributed by atoms with Crippen LogP contribution in [0.3, 0.4) is 0 Å². The predicted octanol–water partition coefficient (Wildman–Crippen LogP) is 1.19. The third kappa shape index (κ3) is 7.63. The molecule has 2 N–H and O–H groups in total. The molecule has 0 aliphatic heterocycles. The highest BCUT2D eigenvalue weighted by Gasteiger charge is 2.02. The molecule has 0 aliphatic rings. The molecule has 9 heavy (non-hydrogen) atoms. The van der Waals surface area contributed by atoms with Gasteiger partial charge < -0.3 is 10.5 Å². The summed E-state index contributed by atoms with van der Waals surface area (Å²) >= 11 is 0. The monoisotopic (exact) mass is 131 g/mol. The summed E-state index contributed by atoms with van der Waals surface area (Å²) in [4.78, 5) is 9.82. The number of aldehydes is 1. The van der Waals surface area contributed by atoms with Crippen molar-refractivity contribution in [2.75, 3.05) is 0 Å². The quantitative estimate of drug-likeness (QED) is 0.572. The summed E-state index contributed by atoms with van der Waals surface area (Å²) in [5, 5.41) is 0. The van der Waals surface area contributed by atoms with Crippen molar-refractivity contribution in [3.8, 4) is 0 Å². The van der Waals surface area contributed by atoms with Crippen molar-refractivity contribution in [2.24, 2.45) is 11.7 Å². The van der Waals surface area contributed by atoms with Crippen molar-refractivity contribution in [1.29, 1.82) is 0 Å². The summed E-state index contributed by atoms with van der Waals surface area (Å²) in [7, 11) is 0. The van der Waals surface area contributed by atoms with Crippen LogP contribution in [0.4, 0.5) is 0 Å². The van der Waals surface area contributed by atoms with Crippen LogP contribution in [0.1, 0.15) is 27.7 Å². The first-order valence-electron chi connectivity index (χ1n) is 3.39. The highest BCUT2D eigenvalue weighted by molar-refractivity contribution is 5.57. The molecular weight excluding hydrogens is 114 g/mol. The Morgan fingerprint density at radius 3 is 1.67 bits per heavy atom. The maximum atomic E-state index is 9.82. The first-order valence-corrected chi connectivity index (χ1v) is 3.39. The van der Waals surface area contributed by atoms with Gasteiger partial charge in [-0.1, -0.05) is 27.7 Å². The van der Waals surface area contributed by atoms with Gasteiger partial charge in [0.15, 0.2) is 0 Å². The van der Waals surface area contributed by atoms with Crippen LogP contribution < -0.4 is 5.73 Å². The minimum absolute atomic E-state index is 0.275. The van der Waals surface area contributed by atoms with Gasteiger partial charge in [0.2, 0.25) is 0 Å². The molecule has 0 radical (unpaired) electrons. The largest absolute Gasteiger partial charge is 0.322 e. The van der Waals surface area contributed by atoms with E-state index in [9.17, 15) is 4.79 Å². The lowest BCUT2D eigenvalue weighted by Gasteiger charge is -2.04. The summed E-state index contributed by atoms with van der Waals surface area (Å²) in [5.74, 6) is 0.275. The first kappa shape index (κ1) is 11.4. The number of hydrogen-bond donors (Lipinski definition) is 1. The molecule has 0 spiro atoms. The average Bonchev–Trinajstić information content (AvgIpc) is 1.91. The zero-order chi connectivity index (χ0) is 7.86. The molecule has 0 aromatic carbocycles. The summed E-state index contributed by atoms with van der Waals surface area (Å²) < 4.78 is 0. The van der Waals surface area contributed by atoms with Gasteiger partial charge >= 0.3 is 0 Å². The standard InChI is InChI=1S/C5H11NO.C2H6/c1-4(2)5(6)3-7;1-2/h3-5H,6H2,1-2H3;1-2H3/t5-;/m0./s1. The topological polar surface area (TPSA) is 43.1 Å². The lowest BCUT2D eigenvalue weighted by Crippen LogP contribution is -2.27. The maximum absolute atomic E-state index is 9.82. The second kappa shape index (κ2) is 7.63. The number of nitrogens with two attached hydrogens (primary N) is 1. The molecule has 2 nitrogen and oxygen atoms in total. The van der Waals surface area contributed by atoms with Gasteiger partial charge in [0.05, 0.1) is 6.04 Å². The fourth-order valence-electron chi connectivity index (χ4n) is 0.157. The van der Waals surface area contributed by atoms with Crippen molar-refractivity contribution in [1.82, 2.24) is 0 Å². The summed E-state index contributed by atoms with van der Waals surface area (Å²) in [6, 6.07) is -0.278. The molecule has 0 saturated heterocycles. The van der Waals surface area contributed by atoms with Gasteiger partial charge in [-0.25, -0.2) is 0 Å². The number of rotatable bonds is 2. The fourth-order valence-corrected chi connectivity index (χ4v) is 0.157. The van der Waals surface area contributed by atoms with Crippen LogP contribution in [0.5, 0.6) is 0 Å². The Bertz CT molecular complexity index is 61.9. The summed E-state index contributed by atoms with van der Waals surface area (Å²) in [6.45, 7) is 7.83. The molecule has 0 fully saturated rings. The molecule has 2 heteroatoms. The third-order valence-corrected chi connectivity index (χ3v) is 0.927. The number of carbonyl (C=O) groups is 1. The van der Waals surface area contributed by atoms with Crippen LogP contribution in [0.25, 0.3) is 0 Å². The smallest absolute Gasteiger partial charge is 0.136 e. The first-order chi connectivity index (χ1) is 4.18.